The van der Waals surface area contributed by atoms with Crippen molar-refractivity contribution in [2.24, 2.45) is 28.6 Å². The van der Waals surface area contributed by atoms with E-state index >= 15 is 0 Å². The lowest BCUT2D eigenvalue weighted by Crippen LogP contribution is -2.59. The SMILES string of the molecule is CCCCN(CCCC)C(=O)CCCCC[C@@H]1C(=O)c2cc(OC)ccc2[C@H]2CC[C@@]3(C)[C@@H](CCC34OCC(C)(C)CO4)[C@H]12. The molecule has 3 fully saturated rings. The van der Waals surface area contributed by atoms with E-state index in [9.17, 15) is 9.59 Å². The maximum absolute atomic E-state index is 14.4. The molecule has 1 aliphatic heterocycles. The highest BCUT2D eigenvalue weighted by Gasteiger charge is 2.67. The summed E-state index contributed by atoms with van der Waals surface area (Å²) in [7, 11) is 1.68. The van der Waals surface area contributed by atoms with Crippen LogP contribution in [0.5, 0.6) is 5.75 Å². The maximum Gasteiger partial charge on any atom is 0.222 e. The zero-order chi connectivity index (χ0) is 31.5. The number of benzene rings is 1. The Labute approximate surface area is 267 Å². The van der Waals surface area contributed by atoms with Crippen molar-refractivity contribution in [3.8, 4) is 5.75 Å². The predicted molar refractivity (Wildman–Crippen MR) is 175 cm³/mol. The van der Waals surface area contributed by atoms with Crippen LogP contribution in [0.4, 0.5) is 0 Å². The molecule has 6 heteroatoms. The van der Waals surface area contributed by atoms with Crippen molar-refractivity contribution in [3.63, 3.8) is 0 Å². The summed E-state index contributed by atoms with van der Waals surface area (Å²) in [5.74, 6) is 1.86. The van der Waals surface area contributed by atoms with E-state index in [1.807, 2.05) is 12.1 Å². The molecule has 1 aromatic rings. The molecular weight excluding hydrogens is 550 g/mol. The number of ether oxygens (including phenoxy) is 3. The van der Waals surface area contributed by atoms with Crippen LogP contribution in [0.15, 0.2) is 18.2 Å². The van der Waals surface area contributed by atoms with Gasteiger partial charge >= 0.3 is 0 Å². The molecule has 5 atom stereocenters. The third kappa shape index (κ3) is 6.36. The molecule has 1 heterocycles. The first-order valence-electron chi connectivity index (χ1n) is 17.9. The second-order valence-corrected chi connectivity index (χ2v) is 15.4. The van der Waals surface area contributed by atoms with Gasteiger partial charge in [0.2, 0.25) is 5.91 Å². The quantitative estimate of drug-likeness (QED) is 0.210. The molecule has 1 spiro atoms. The number of ketones is 1. The van der Waals surface area contributed by atoms with Crippen LogP contribution in [0.2, 0.25) is 0 Å². The number of fused-ring (bicyclic) bond motifs is 6. The highest BCUT2D eigenvalue weighted by atomic mass is 16.7. The number of amides is 1. The number of carbonyl (C=O) groups is 2. The standard InChI is InChI=1S/C38H59NO5/c1-7-9-22-39(23-10-8-2)33(40)15-13-11-12-14-30-34-29(28-17-16-27(42-6)24-31(28)35(30)41)18-20-37(5)32(34)19-21-38(37)43-25-36(3,4)26-44-38/h16-17,24,29-30,32,34H,7-15,18-23,25-26H2,1-6H3/t29-,30+,32+,34+,37+/m1/s1. The van der Waals surface area contributed by atoms with Crippen LogP contribution in [0.3, 0.4) is 0 Å². The van der Waals surface area contributed by atoms with E-state index in [1.54, 1.807) is 7.11 Å². The lowest BCUT2D eigenvalue weighted by atomic mass is 9.51. The molecule has 6 nitrogen and oxygen atoms in total. The Morgan fingerprint density at radius 3 is 2.32 bits per heavy atom. The van der Waals surface area contributed by atoms with Gasteiger partial charge in [0.05, 0.1) is 20.3 Å². The highest BCUT2D eigenvalue weighted by Crippen LogP contribution is 2.67. The van der Waals surface area contributed by atoms with Crippen molar-refractivity contribution >= 4 is 11.7 Å². The van der Waals surface area contributed by atoms with E-state index in [0.717, 1.165) is 115 Å². The van der Waals surface area contributed by atoms with Gasteiger partial charge in [-0.1, -0.05) is 66.4 Å². The van der Waals surface area contributed by atoms with E-state index in [1.165, 1.54) is 5.56 Å². The zero-order valence-corrected chi connectivity index (χ0v) is 28.6. The molecule has 1 aromatic carbocycles. The molecule has 0 unspecified atom stereocenters. The van der Waals surface area contributed by atoms with Gasteiger partial charge in [0.25, 0.3) is 0 Å². The van der Waals surface area contributed by atoms with E-state index in [0.29, 0.717) is 35.9 Å². The summed E-state index contributed by atoms with van der Waals surface area (Å²) in [6, 6.07) is 6.18. The number of methoxy groups -OCH3 is 1. The summed E-state index contributed by atoms with van der Waals surface area (Å²) < 4.78 is 19.0. The molecule has 1 saturated heterocycles. The Hall–Kier alpha value is -1.92. The molecule has 246 valence electrons. The van der Waals surface area contributed by atoms with Gasteiger partial charge in [-0.15, -0.1) is 0 Å². The molecule has 0 aromatic heterocycles. The van der Waals surface area contributed by atoms with Crippen molar-refractivity contribution in [3.05, 3.63) is 29.3 Å². The highest BCUT2D eigenvalue weighted by molar-refractivity contribution is 6.01. The minimum Gasteiger partial charge on any atom is -0.497 e. The van der Waals surface area contributed by atoms with Gasteiger partial charge in [-0.05, 0) is 80.4 Å². The van der Waals surface area contributed by atoms with Gasteiger partial charge in [-0.25, -0.2) is 0 Å². The number of Topliss-reactive ketones (excluding diaryl/α,β-unsaturated/α-hetero) is 1. The minimum atomic E-state index is -0.534. The third-order valence-electron chi connectivity index (χ3n) is 11.8. The normalized spacial score (nSPS) is 30.0. The summed E-state index contributed by atoms with van der Waals surface area (Å²) in [6.45, 7) is 14.4. The van der Waals surface area contributed by atoms with Gasteiger partial charge in [-0.3, -0.25) is 9.59 Å². The monoisotopic (exact) mass is 609 g/mol. The number of rotatable bonds is 13. The summed E-state index contributed by atoms with van der Waals surface area (Å²) >= 11 is 0. The average molecular weight is 610 g/mol. The molecule has 1 amide bonds. The van der Waals surface area contributed by atoms with Gasteiger partial charge in [0, 0.05) is 48.2 Å². The Morgan fingerprint density at radius 1 is 0.955 bits per heavy atom. The van der Waals surface area contributed by atoms with Crippen molar-refractivity contribution in [1.29, 1.82) is 0 Å². The van der Waals surface area contributed by atoms with Crippen molar-refractivity contribution < 1.29 is 23.8 Å². The first-order chi connectivity index (χ1) is 21.1. The van der Waals surface area contributed by atoms with E-state index < -0.39 is 5.79 Å². The molecule has 44 heavy (non-hydrogen) atoms. The Morgan fingerprint density at radius 2 is 1.66 bits per heavy atom. The van der Waals surface area contributed by atoms with Crippen molar-refractivity contribution in [2.75, 3.05) is 33.4 Å². The molecule has 0 radical (unpaired) electrons. The molecule has 2 saturated carbocycles. The summed E-state index contributed by atoms with van der Waals surface area (Å²) in [5, 5.41) is 0. The fraction of sp³-hybridized carbons (Fsp3) is 0.789. The van der Waals surface area contributed by atoms with E-state index in [2.05, 4.69) is 45.6 Å². The first kappa shape index (κ1) is 33.4. The van der Waals surface area contributed by atoms with Crippen LogP contribution >= 0.6 is 0 Å². The number of nitrogens with zero attached hydrogens (tertiary/aromatic N) is 1. The Bertz CT molecular complexity index is 1140. The zero-order valence-electron chi connectivity index (χ0n) is 28.6. The maximum atomic E-state index is 14.4. The molecule has 0 bridgehead atoms. The second kappa shape index (κ2) is 13.8. The van der Waals surface area contributed by atoms with Gasteiger partial charge in [0.15, 0.2) is 11.6 Å². The van der Waals surface area contributed by atoms with Crippen LogP contribution in [0.1, 0.15) is 140 Å². The summed E-state index contributed by atoms with van der Waals surface area (Å²) in [6.07, 6.45) is 12.8. The van der Waals surface area contributed by atoms with Crippen LogP contribution < -0.4 is 4.74 Å². The number of hydrogen-bond donors (Lipinski definition) is 0. The second-order valence-electron chi connectivity index (χ2n) is 15.4. The average Bonchev–Trinajstić information content (AvgIpc) is 3.31. The third-order valence-corrected chi connectivity index (χ3v) is 11.8. The van der Waals surface area contributed by atoms with Crippen LogP contribution in [0, 0.1) is 28.6 Å². The lowest BCUT2D eigenvalue weighted by Gasteiger charge is -2.57. The first-order valence-corrected chi connectivity index (χ1v) is 17.9. The molecule has 0 N–H and O–H groups in total. The van der Waals surface area contributed by atoms with Crippen LogP contribution in [-0.4, -0.2) is 55.8 Å². The number of unbranched alkanes of at least 4 members (excludes halogenated alkanes) is 4. The Kier molecular flexibility index (Phi) is 10.5. The Balaban J connectivity index is 1.31. The van der Waals surface area contributed by atoms with E-state index in [-0.39, 0.29) is 16.7 Å². The smallest absolute Gasteiger partial charge is 0.222 e. The van der Waals surface area contributed by atoms with Crippen molar-refractivity contribution in [2.45, 2.75) is 130 Å². The van der Waals surface area contributed by atoms with Crippen molar-refractivity contribution in [1.82, 2.24) is 4.90 Å². The largest absolute Gasteiger partial charge is 0.497 e. The fourth-order valence-corrected chi connectivity index (χ4v) is 9.19. The summed E-state index contributed by atoms with van der Waals surface area (Å²) in [5.41, 5.74) is 2.02. The number of hydrogen-bond acceptors (Lipinski definition) is 5. The lowest BCUT2D eigenvalue weighted by molar-refractivity contribution is -0.345. The topological polar surface area (TPSA) is 65.1 Å². The fourth-order valence-electron chi connectivity index (χ4n) is 9.19. The molecular formula is C38H59NO5. The minimum absolute atomic E-state index is 0.0132. The van der Waals surface area contributed by atoms with Gasteiger partial charge in [0.1, 0.15) is 5.75 Å². The van der Waals surface area contributed by atoms with E-state index in [4.69, 9.17) is 14.2 Å². The molecule has 4 aliphatic rings. The molecule has 5 rings (SSSR count). The predicted octanol–water partition coefficient (Wildman–Crippen LogP) is 8.57. The summed E-state index contributed by atoms with van der Waals surface area (Å²) in [4.78, 5) is 29.5. The molecule has 3 aliphatic carbocycles. The van der Waals surface area contributed by atoms with Gasteiger partial charge < -0.3 is 19.1 Å². The van der Waals surface area contributed by atoms with Crippen LogP contribution in [-0.2, 0) is 14.3 Å². The number of carbonyl (C=O) groups excluding carboxylic acids is 2. The van der Waals surface area contributed by atoms with Crippen LogP contribution in [0.25, 0.3) is 0 Å². The van der Waals surface area contributed by atoms with Gasteiger partial charge in [-0.2, -0.15) is 0 Å².